The second kappa shape index (κ2) is 6.17. The molecule has 1 rings (SSSR count). The maximum absolute atomic E-state index is 10.4. The van der Waals surface area contributed by atoms with Gasteiger partial charge in [-0.25, -0.2) is 0 Å². The number of hydrogen-bond donors (Lipinski definition) is 2. The van der Waals surface area contributed by atoms with Gasteiger partial charge >= 0.3 is 5.97 Å². The number of hydrogen-bond acceptors (Lipinski definition) is 2. The lowest BCUT2D eigenvalue weighted by Gasteiger charge is -2.25. The maximum atomic E-state index is 10.4. The average molecular weight is 300 g/mol. The molecule has 0 amide bonds. The SMILES string of the molecule is CC(C)(CNCCC(=O)O)c1ccc(Br)cc1. The molecule has 0 spiro atoms. The Morgan fingerprint density at radius 1 is 1.35 bits per heavy atom. The largest absolute Gasteiger partial charge is 0.481 e. The number of nitrogens with one attached hydrogen (secondary N) is 1. The van der Waals surface area contributed by atoms with Gasteiger partial charge in [-0.3, -0.25) is 4.79 Å². The van der Waals surface area contributed by atoms with Gasteiger partial charge in [0, 0.05) is 23.0 Å². The van der Waals surface area contributed by atoms with Crippen molar-refractivity contribution in [2.24, 2.45) is 0 Å². The van der Waals surface area contributed by atoms with Crippen LogP contribution >= 0.6 is 15.9 Å². The van der Waals surface area contributed by atoms with E-state index < -0.39 is 5.97 Å². The molecule has 94 valence electrons. The Hall–Kier alpha value is -0.870. The van der Waals surface area contributed by atoms with E-state index in [1.165, 1.54) is 5.56 Å². The number of aliphatic carboxylic acids is 1. The molecule has 0 radical (unpaired) electrons. The average Bonchev–Trinajstić information content (AvgIpc) is 2.25. The first-order chi connectivity index (χ1) is 7.92. The molecule has 2 N–H and O–H groups in total. The summed E-state index contributed by atoms with van der Waals surface area (Å²) in [5.41, 5.74) is 1.24. The molecule has 17 heavy (non-hydrogen) atoms. The summed E-state index contributed by atoms with van der Waals surface area (Å²) in [5.74, 6) is -0.765. The monoisotopic (exact) mass is 299 g/mol. The Kier molecular flexibility index (Phi) is 5.15. The molecular weight excluding hydrogens is 282 g/mol. The van der Waals surface area contributed by atoms with Crippen LogP contribution in [-0.2, 0) is 10.2 Å². The van der Waals surface area contributed by atoms with Crippen LogP contribution in [0.25, 0.3) is 0 Å². The van der Waals surface area contributed by atoms with E-state index in [1.54, 1.807) is 0 Å². The zero-order valence-corrected chi connectivity index (χ0v) is 11.8. The number of benzene rings is 1. The number of rotatable bonds is 6. The summed E-state index contributed by atoms with van der Waals surface area (Å²) >= 11 is 3.41. The minimum atomic E-state index is -0.765. The van der Waals surface area contributed by atoms with Crippen LogP contribution in [0.5, 0.6) is 0 Å². The van der Waals surface area contributed by atoms with E-state index in [1.807, 2.05) is 12.1 Å². The van der Waals surface area contributed by atoms with E-state index in [4.69, 9.17) is 5.11 Å². The van der Waals surface area contributed by atoms with Crippen LogP contribution < -0.4 is 5.32 Å². The van der Waals surface area contributed by atoms with Crippen molar-refractivity contribution in [3.63, 3.8) is 0 Å². The van der Waals surface area contributed by atoms with E-state index in [0.29, 0.717) is 6.54 Å². The summed E-state index contributed by atoms with van der Waals surface area (Å²) in [7, 11) is 0. The summed E-state index contributed by atoms with van der Waals surface area (Å²) in [4.78, 5) is 10.4. The first-order valence-corrected chi connectivity index (χ1v) is 6.40. The lowest BCUT2D eigenvalue weighted by Crippen LogP contribution is -2.34. The molecule has 0 aliphatic heterocycles. The lowest BCUT2D eigenvalue weighted by molar-refractivity contribution is -0.136. The smallest absolute Gasteiger partial charge is 0.304 e. The number of carboxylic acids is 1. The van der Waals surface area contributed by atoms with E-state index in [-0.39, 0.29) is 11.8 Å². The quantitative estimate of drug-likeness (QED) is 0.794. The maximum Gasteiger partial charge on any atom is 0.304 e. The summed E-state index contributed by atoms with van der Waals surface area (Å²) in [6.07, 6.45) is 0.163. The van der Waals surface area contributed by atoms with Gasteiger partial charge in [0.1, 0.15) is 0 Å². The normalized spacial score (nSPS) is 11.5. The zero-order valence-electron chi connectivity index (χ0n) is 10.2. The Labute approximate surface area is 110 Å². The minimum absolute atomic E-state index is 0.000790. The van der Waals surface area contributed by atoms with Gasteiger partial charge in [-0.2, -0.15) is 0 Å². The van der Waals surface area contributed by atoms with Gasteiger partial charge in [-0.05, 0) is 17.7 Å². The predicted octanol–water partition coefficient (Wildman–Crippen LogP) is 2.79. The number of halogens is 1. The van der Waals surface area contributed by atoms with Gasteiger partial charge in [0.2, 0.25) is 0 Å². The fourth-order valence-corrected chi connectivity index (χ4v) is 1.86. The molecule has 1 aromatic rings. The van der Waals surface area contributed by atoms with Crippen molar-refractivity contribution < 1.29 is 9.90 Å². The van der Waals surface area contributed by atoms with Crippen molar-refractivity contribution in [2.45, 2.75) is 25.7 Å². The Morgan fingerprint density at radius 3 is 2.47 bits per heavy atom. The van der Waals surface area contributed by atoms with Crippen molar-refractivity contribution in [2.75, 3.05) is 13.1 Å². The summed E-state index contributed by atoms with van der Waals surface area (Å²) < 4.78 is 1.07. The molecule has 0 aromatic heterocycles. The Bertz CT molecular complexity index is 374. The van der Waals surface area contributed by atoms with Crippen molar-refractivity contribution in [3.8, 4) is 0 Å². The van der Waals surface area contributed by atoms with Gasteiger partial charge in [0.25, 0.3) is 0 Å². The second-order valence-electron chi connectivity index (χ2n) is 4.71. The molecule has 0 atom stereocenters. The van der Waals surface area contributed by atoms with Crippen LogP contribution in [0.4, 0.5) is 0 Å². The second-order valence-corrected chi connectivity index (χ2v) is 5.63. The molecule has 0 saturated carbocycles. The van der Waals surface area contributed by atoms with Crippen molar-refractivity contribution >= 4 is 21.9 Å². The Morgan fingerprint density at radius 2 is 1.94 bits per heavy atom. The fraction of sp³-hybridized carbons (Fsp3) is 0.462. The van der Waals surface area contributed by atoms with E-state index in [0.717, 1.165) is 11.0 Å². The first-order valence-electron chi connectivity index (χ1n) is 5.60. The molecule has 0 bridgehead atoms. The van der Waals surface area contributed by atoms with Gasteiger partial charge in [-0.1, -0.05) is 41.9 Å². The Balaban J connectivity index is 2.50. The molecule has 0 aliphatic rings. The molecule has 1 aromatic carbocycles. The summed E-state index contributed by atoms with van der Waals surface area (Å²) in [5, 5.41) is 11.7. The van der Waals surface area contributed by atoms with Crippen molar-refractivity contribution in [1.29, 1.82) is 0 Å². The van der Waals surface area contributed by atoms with Crippen molar-refractivity contribution in [1.82, 2.24) is 5.32 Å². The molecule has 0 saturated heterocycles. The van der Waals surface area contributed by atoms with Crippen LogP contribution in [0.3, 0.4) is 0 Å². The molecular formula is C13H18BrNO2. The molecule has 4 heteroatoms. The molecule has 0 unspecified atom stereocenters. The molecule has 0 aliphatic carbocycles. The van der Waals surface area contributed by atoms with Gasteiger partial charge < -0.3 is 10.4 Å². The lowest BCUT2D eigenvalue weighted by atomic mass is 9.84. The van der Waals surface area contributed by atoms with Crippen molar-refractivity contribution in [3.05, 3.63) is 34.3 Å². The molecule has 3 nitrogen and oxygen atoms in total. The van der Waals surface area contributed by atoms with Crippen LogP contribution in [0.1, 0.15) is 25.8 Å². The standard InChI is InChI=1S/C13H18BrNO2/c1-13(2,9-15-8-7-12(16)17)10-3-5-11(14)6-4-10/h3-6,15H,7-9H2,1-2H3,(H,16,17). The number of carbonyl (C=O) groups is 1. The number of carboxylic acid groups (broad SMARTS) is 1. The highest BCUT2D eigenvalue weighted by Crippen LogP contribution is 2.23. The zero-order chi connectivity index (χ0) is 12.9. The summed E-state index contributed by atoms with van der Waals surface area (Å²) in [6.45, 7) is 5.56. The van der Waals surface area contributed by atoms with E-state index in [9.17, 15) is 4.79 Å². The van der Waals surface area contributed by atoms with Crippen LogP contribution in [0.15, 0.2) is 28.7 Å². The molecule has 0 fully saturated rings. The third-order valence-electron chi connectivity index (χ3n) is 2.71. The first kappa shape index (κ1) is 14.2. The highest BCUT2D eigenvalue weighted by atomic mass is 79.9. The minimum Gasteiger partial charge on any atom is -0.481 e. The highest BCUT2D eigenvalue weighted by Gasteiger charge is 2.19. The van der Waals surface area contributed by atoms with E-state index in [2.05, 4.69) is 47.2 Å². The molecule has 0 heterocycles. The van der Waals surface area contributed by atoms with Crippen LogP contribution in [0, 0.1) is 0 Å². The summed E-state index contributed by atoms with van der Waals surface area (Å²) in [6, 6.07) is 8.22. The third-order valence-corrected chi connectivity index (χ3v) is 3.24. The van der Waals surface area contributed by atoms with Gasteiger partial charge in [0.15, 0.2) is 0 Å². The van der Waals surface area contributed by atoms with Crippen LogP contribution in [-0.4, -0.2) is 24.2 Å². The van der Waals surface area contributed by atoms with E-state index >= 15 is 0 Å². The fourth-order valence-electron chi connectivity index (χ4n) is 1.60. The topological polar surface area (TPSA) is 49.3 Å². The third kappa shape index (κ3) is 4.88. The van der Waals surface area contributed by atoms with Gasteiger partial charge in [-0.15, -0.1) is 0 Å². The predicted molar refractivity (Wildman–Crippen MR) is 72.3 cm³/mol. The van der Waals surface area contributed by atoms with Gasteiger partial charge in [0.05, 0.1) is 6.42 Å². The van der Waals surface area contributed by atoms with Crippen LogP contribution in [0.2, 0.25) is 0 Å². The highest BCUT2D eigenvalue weighted by molar-refractivity contribution is 9.10.